The Morgan fingerprint density at radius 2 is 2.15 bits per heavy atom. The molecule has 0 amide bonds. The lowest BCUT2D eigenvalue weighted by atomic mass is 10.0. The fourth-order valence-corrected chi connectivity index (χ4v) is 1.54. The lowest BCUT2D eigenvalue weighted by Gasteiger charge is -2.36. The molecule has 0 saturated carbocycles. The van der Waals surface area contributed by atoms with E-state index in [1.165, 1.54) is 7.11 Å². The number of likely N-dealkylation sites (tertiary alicyclic amines) is 1. The summed E-state index contributed by atoms with van der Waals surface area (Å²) in [7, 11) is 1.53. The maximum absolute atomic E-state index is 9.71. The molecular weight excluding hydrogens is 168 g/mol. The number of piperidine rings is 1. The lowest BCUT2D eigenvalue weighted by molar-refractivity contribution is -0.210. The van der Waals surface area contributed by atoms with Crippen molar-refractivity contribution in [3.63, 3.8) is 0 Å². The Morgan fingerprint density at radius 3 is 2.62 bits per heavy atom. The molecule has 4 heteroatoms. The first-order chi connectivity index (χ1) is 6.20. The summed E-state index contributed by atoms with van der Waals surface area (Å²) >= 11 is 0. The number of hydrogen-bond donors (Lipinski definition) is 1. The van der Waals surface area contributed by atoms with Gasteiger partial charge in [-0.25, -0.2) is 0 Å². The third kappa shape index (κ3) is 2.96. The molecule has 1 aliphatic rings. The number of nitrogens with zero attached hydrogens (tertiary/aromatic N) is 2. The molecule has 0 radical (unpaired) electrons. The van der Waals surface area contributed by atoms with Crippen LogP contribution in [0.25, 0.3) is 0 Å². The number of hydrogen-bond acceptors (Lipinski definition) is 4. The second kappa shape index (κ2) is 4.56. The van der Waals surface area contributed by atoms with Crippen LogP contribution in [0.15, 0.2) is 0 Å². The Morgan fingerprint density at radius 1 is 1.54 bits per heavy atom. The van der Waals surface area contributed by atoms with Gasteiger partial charge in [-0.05, 0) is 0 Å². The first-order valence-electron chi connectivity index (χ1n) is 4.57. The fourth-order valence-electron chi connectivity index (χ4n) is 1.54. The van der Waals surface area contributed by atoms with E-state index < -0.39 is 5.79 Å². The Hall–Kier alpha value is -0.630. The van der Waals surface area contributed by atoms with Crippen molar-refractivity contribution in [3.8, 4) is 6.07 Å². The first kappa shape index (κ1) is 10.5. The minimum absolute atomic E-state index is 0.561. The summed E-state index contributed by atoms with van der Waals surface area (Å²) in [5.41, 5.74) is 0. The highest BCUT2D eigenvalue weighted by Gasteiger charge is 2.31. The van der Waals surface area contributed by atoms with Gasteiger partial charge in [0.1, 0.15) is 0 Å². The quantitative estimate of drug-likeness (QED) is 0.642. The molecule has 1 aliphatic heterocycles. The van der Waals surface area contributed by atoms with Crippen molar-refractivity contribution < 1.29 is 9.84 Å². The van der Waals surface area contributed by atoms with Gasteiger partial charge in [-0.2, -0.15) is 5.26 Å². The average molecular weight is 184 g/mol. The molecule has 0 aliphatic carbocycles. The number of rotatable bonds is 3. The van der Waals surface area contributed by atoms with Crippen molar-refractivity contribution in [1.29, 1.82) is 5.26 Å². The Labute approximate surface area is 78.7 Å². The second-order valence-corrected chi connectivity index (χ2v) is 3.40. The minimum atomic E-state index is -0.927. The van der Waals surface area contributed by atoms with Crippen LogP contribution >= 0.6 is 0 Å². The summed E-state index contributed by atoms with van der Waals surface area (Å²) in [6, 6.07) is 2.11. The van der Waals surface area contributed by atoms with Crippen molar-refractivity contribution in [3.05, 3.63) is 0 Å². The van der Waals surface area contributed by atoms with Gasteiger partial charge in [0.05, 0.1) is 6.07 Å². The zero-order valence-electron chi connectivity index (χ0n) is 7.99. The zero-order chi connectivity index (χ0) is 9.73. The van der Waals surface area contributed by atoms with Gasteiger partial charge in [0, 0.05) is 46.0 Å². The topological polar surface area (TPSA) is 56.5 Å². The predicted octanol–water partition coefficient (Wildman–Crippen LogP) is 0.331. The van der Waals surface area contributed by atoms with Crippen LogP contribution in [0.2, 0.25) is 0 Å². The molecule has 0 spiro atoms. The van der Waals surface area contributed by atoms with Crippen LogP contribution in [0.5, 0.6) is 0 Å². The molecule has 0 aromatic rings. The third-order valence-corrected chi connectivity index (χ3v) is 2.56. The molecule has 13 heavy (non-hydrogen) atoms. The molecule has 74 valence electrons. The lowest BCUT2D eigenvalue weighted by Crippen LogP contribution is -2.45. The maximum atomic E-state index is 9.71. The average Bonchev–Trinajstić information content (AvgIpc) is 2.17. The largest absolute Gasteiger partial charge is 0.365 e. The third-order valence-electron chi connectivity index (χ3n) is 2.56. The number of nitriles is 1. The van der Waals surface area contributed by atoms with E-state index in [0.717, 1.165) is 19.6 Å². The van der Waals surface area contributed by atoms with Crippen LogP contribution in [0.4, 0.5) is 0 Å². The molecule has 0 atom stereocenters. The van der Waals surface area contributed by atoms with Crippen molar-refractivity contribution >= 4 is 0 Å². The number of aliphatic hydroxyl groups is 1. The highest BCUT2D eigenvalue weighted by molar-refractivity contribution is 4.80. The van der Waals surface area contributed by atoms with Crippen LogP contribution < -0.4 is 0 Å². The molecule has 0 aromatic heterocycles. The van der Waals surface area contributed by atoms with Gasteiger partial charge in [0.15, 0.2) is 5.79 Å². The van der Waals surface area contributed by atoms with E-state index in [1.54, 1.807) is 0 Å². The molecule has 0 bridgehead atoms. The van der Waals surface area contributed by atoms with Gasteiger partial charge in [0.2, 0.25) is 0 Å². The van der Waals surface area contributed by atoms with E-state index in [1.807, 2.05) is 0 Å². The van der Waals surface area contributed by atoms with Crippen molar-refractivity contribution in [1.82, 2.24) is 4.90 Å². The molecule has 0 unspecified atom stereocenters. The molecule has 0 aromatic carbocycles. The standard InChI is InChI=1S/C9H16N2O2/c1-13-9(12)3-7-11(8-4-9)6-2-5-10/h12H,2-4,6-8H2,1H3. The SMILES string of the molecule is COC1(O)CCN(CCC#N)CC1. The van der Waals surface area contributed by atoms with Gasteiger partial charge in [-0.1, -0.05) is 0 Å². The monoisotopic (exact) mass is 184 g/mol. The van der Waals surface area contributed by atoms with E-state index in [4.69, 9.17) is 10.00 Å². The van der Waals surface area contributed by atoms with E-state index in [0.29, 0.717) is 19.3 Å². The van der Waals surface area contributed by atoms with Crippen LogP contribution in [0, 0.1) is 11.3 Å². The van der Waals surface area contributed by atoms with Gasteiger partial charge >= 0.3 is 0 Å². The maximum Gasteiger partial charge on any atom is 0.167 e. The summed E-state index contributed by atoms with van der Waals surface area (Å²) in [6.07, 6.45) is 1.83. The van der Waals surface area contributed by atoms with Crippen molar-refractivity contribution in [2.24, 2.45) is 0 Å². The van der Waals surface area contributed by atoms with Crippen LogP contribution in [-0.4, -0.2) is 42.5 Å². The second-order valence-electron chi connectivity index (χ2n) is 3.40. The Balaban J connectivity index is 2.27. The van der Waals surface area contributed by atoms with Gasteiger partial charge in [-0.15, -0.1) is 0 Å². The molecule has 1 saturated heterocycles. The Kier molecular flexibility index (Phi) is 3.67. The molecule has 4 nitrogen and oxygen atoms in total. The molecular formula is C9H16N2O2. The van der Waals surface area contributed by atoms with E-state index in [2.05, 4.69) is 11.0 Å². The highest BCUT2D eigenvalue weighted by atomic mass is 16.6. The van der Waals surface area contributed by atoms with E-state index in [9.17, 15) is 5.11 Å². The molecule has 1 rings (SSSR count). The predicted molar refractivity (Wildman–Crippen MR) is 47.9 cm³/mol. The summed E-state index contributed by atoms with van der Waals surface area (Å²) in [4.78, 5) is 2.18. The molecule has 1 fully saturated rings. The summed E-state index contributed by atoms with van der Waals surface area (Å²) in [5.74, 6) is -0.927. The van der Waals surface area contributed by atoms with Crippen molar-refractivity contribution in [2.75, 3.05) is 26.7 Å². The normalized spacial score (nSPS) is 22.5. The van der Waals surface area contributed by atoms with Crippen molar-refractivity contribution in [2.45, 2.75) is 25.0 Å². The minimum Gasteiger partial charge on any atom is -0.365 e. The summed E-state index contributed by atoms with van der Waals surface area (Å²) in [5, 5.41) is 18.1. The number of ether oxygens (including phenoxy) is 1. The fraction of sp³-hybridized carbons (Fsp3) is 0.889. The smallest absolute Gasteiger partial charge is 0.167 e. The van der Waals surface area contributed by atoms with Gasteiger partial charge < -0.3 is 14.7 Å². The summed E-state index contributed by atoms with van der Waals surface area (Å²) < 4.78 is 5.00. The van der Waals surface area contributed by atoms with Crippen LogP contribution in [-0.2, 0) is 4.74 Å². The van der Waals surface area contributed by atoms with Gasteiger partial charge in [0.25, 0.3) is 0 Å². The van der Waals surface area contributed by atoms with Crippen LogP contribution in [0.1, 0.15) is 19.3 Å². The summed E-state index contributed by atoms with van der Waals surface area (Å²) in [6.45, 7) is 2.42. The van der Waals surface area contributed by atoms with E-state index >= 15 is 0 Å². The molecule has 1 N–H and O–H groups in total. The molecule has 1 heterocycles. The van der Waals surface area contributed by atoms with Crippen LogP contribution in [0.3, 0.4) is 0 Å². The van der Waals surface area contributed by atoms with E-state index in [-0.39, 0.29) is 0 Å². The zero-order valence-corrected chi connectivity index (χ0v) is 7.99. The highest BCUT2D eigenvalue weighted by Crippen LogP contribution is 2.22. The number of methoxy groups -OCH3 is 1. The first-order valence-corrected chi connectivity index (χ1v) is 4.57. The van der Waals surface area contributed by atoms with Gasteiger partial charge in [-0.3, -0.25) is 0 Å². The Bertz CT molecular complexity index is 192.